The summed E-state index contributed by atoms with van der Waals surface area (Å²) in [5.41, 5.74) is 2.14. The van der Waals surface area contributed by atoms with Crippen LogP contribution in [0.15, 0.2) is 34.7 Å². The second-order valence-electron chi connectivity index (χ2n) is 8.04. The highest BCUT2D eigenvalue weighted by Crippen LogP contribution is 2.48. The molecular weight excluding hydrogens is 450 g/mol. The quantitative estimate of drug-likeness (QED) is 0.472. The number of esters is 2. The van der Waals surface area contributed by atoms with E-state index in [2.05, 4.69) is 5.32 Å². The van der Waals surface area contributed by atoms with Gasteiger partial charge in [0.1, 0.15) is 5.92 Å². The summed E-state index contributed by atoms with van der Waals surface area (Å²) in [5.74, 6) is -3.92. The summed E-state index contributed by atoms with van der Waals surface area (Å²) >= 11 is 6.28. The summed E-state index contributed by atoms with van der Waals surface area (Å²) in [4.78, 5) is 39.1. The van der Waals surface area contributed by atoms with Crippen molar-refractivity contribution in [3.8, 4) is 11.5 Å². The number of phenols is 1. The lowest BCUT2D eigenvalue weighted by Gasteiger charge is -2.38. The van der Waals surface area contributed by atoms with Gasteiger partial charge in [-0.25, -0.2) is 4.79 Å². The molecule has 1 aliphatic heterocycles. The van der Waals surface area contributed by atoms with Gasteiger partial charge in [-0.15, -0.1) is 0 Å². The maximum absolute atomic E-state index is 13.7. The number of hydrogen-bond acceptors (Lipinski definition) is 8. The molecule has 0 spiro atoms. The molecule has 1 aliphatic carbocycles. The van der Waals surface area contributed by atoms with Gasteiger partial charge in [0.25, 0.3) is 0 Å². The number of benzene rings is 1. The topological polar surface area (TPSA) is 111 Å². The number of rotatable bonds is 6. The van der Waals surface area contributed by atoms with E-state index in [1.165, 1.54) is 13.2 Å². The van der Waals surface area contributed by atoms with E-state index in [9.17, 15) is 19.5 Å². The predicted octanol–water partition coefficient (Wildman–Crippen LogP) is 3.62. The first kappa shape index (κ1) is 24.6. The van der Waals surface area contributed by atoms with Crippen LogP contribution in [0.25, 0.3) is 0 Å². The van der Waals surface area contributed by atoms with Crippen molar-refractivity contribution in [1.29, 1.82) is 0 Å². The van der Waals surface area contributed by atoms with Crippen molar-refractivity contribution in [2.45, 2.75) is 40.0 Å². The third-order valence-electron chi connectivity index (χ3n) is 5.92. The lowest BCUT2D eigenvalue weighted by Crippen LogP contribution is -2.43. The van der Waals surface area contributed by atoms with Crippen LogP contribution in [0.4, 0.5) is 0 Å². The number of carbonyl (C=O) groups excluding carboxylic acids is 3. The Hall–Kier alpha value is -3.00. The van der Waals surface area contributed by atoms with Crippen molar-refractivity contribution in [3.05, 3.63) is 45.3 Å². The number of dihydropyridines is 1. The van der Waals surface area contributed by atoms with Gasteiger partial charge in [-0.1, -0.05) is 18.5 Å². The van der Waals surface area contributed by atoms with Gasteiger partial charge in [0.05, 0.1) is 30.9 Å². The van der Waals surface area contributed by atoms with E-state index in [0.29, 0.717) is 23.4 Å². The highest BCUT2D eigenvalue weighted by atomic mass is 35.5. The van der Waals surface area contributed by atoms with Crippen LogP contribution in [0.3, 0.4) is 0 Å². The average molecular weight is 478 g/mol. The number of allylic oxidation sites excluding steroid dienone is 3. The molecule has 0 aromatic heterocycles. The van der Waals surface area contributed by atoms with Crippen LogP contribution in [0.5, 0.6) is 11.5 Å². The van der Waals surface area contributed by atoms with Crippen molar-refractivity contribution in [1.82, 2.24) is 5.32 Å². The van der Waals surface area contributed by atoms with Crippen molar-refractivity contribution in [2.75, 3.05) is 20.3 Å². The van der Waals surface area contributed by atoms with Gasteiger partial charge in [-0.05, 0) is 50.8 Å². The number of phenolic OH excluding ortho intramolecular Hbond substituents is 1. The Morgan fingerprint density at radius 2 is 1.94 bits per heavy atom. The summed E-state index contributed by atoms with van der Waals surface area (Å²) in [6, 6.07) is 3.04. The Kier molecular flexibility index (Phi) is 7.37. The number of ether oxygens (including phenoxy) is 3. The summed E-state index contributed by atoms with van der Waals surface area (Å²) in [6.45, 7) is 7.40. The molecule has 0 unspecified atom stereocenters. The second-order valence-corrected chi connectivity index (χ2v) is 8.45. The average Bonchev–Trinajstić information content (AvgIpc) is 2.75. The molecule has 178 valence electrons. The van der Waals surface area contributed by atoms with Crippen molar-refractivity contribution in [3.63, 3.8) is 0 Å². The zero-order valence-electron chi connectivity index (χ0n) is 19.3. The molecule has 2 N–H and O–H groups in total. The van der Waals surface area contributed by atoms with Crippen LogP contribution < -0.4 is 10.1 Å². The molecule has 0 saturated carbocycles. The number of halogens is 1. The molecule has 0 radical (unpaired) electrons. The zero-order valence-corrected chi connectivity index (χ0v) is 20.0. The minimum atomic E-state index is -1.00. The third-order valence-corrected chi connectivity index (χ3v) is 6.21. The maximum atomic E-state index is 13.7. The number of carbonyl (C=O) groups is 3. The molecule has 1 heterocycles. The summed E-state index contributed by atoms with van der Waals surface area (Å²) in [6.07, 6.45) is 0.412. The Morgan fingerprint density at radius 3 is 2.55 bits per heavy atom. The lowest BCUT2D eigenvalue weighted by molar-refractivity contribution is -0.151. The number of nitrogens with one attached hydrogen (secondary N) is 1. The van der Waals surface area contributed by atoms with E-state index in [1.807, 2.05) is 6.92 Å². The molecular formula is C24H28ClNO7. The van der Waals surface area contributed by atoms with Gasteiger partial charge in [-0.2, -0.15) is 0 Å². The molecule has 9 heteroatoms. The molecule has 0 bridgehead atoms. The summed E-state index contributed by atoms with van der Waals surface area (Å²) in [7, 11) is 1.24. The van der Waals surface area contributed by atoms with E-state index in [0.717, 1.165) is 0 Å². The number of aromatic hydroxyl groups is 1. The molecule has 0 fully saturated rings. The van der Waals surface area contributed by atoms with Gasteiger partial charge in [0, 0.05) is 22.9 Å². The molecule has 1 aromatic rings. The largest absolute Gasteiger partial charge is 0.503 e. The maximum Gasteiger partial charge on any atom is 0.336 e. The number of Topliss-reactive ketones (excluding diaryl/α,β-unsaturated/α-hetero) is 1. The van der Waals surface area contributed by atoms with Crippen molar-refractivity contribution >= 4 is 29.3 Å². The van der Waals surface area contributed by atoms with Gasteiger partial charge in [0.2, 0.25) is 0 Å². The Morgan fingerprint density at radius 1 is 1.24 bits per heavy atom. The Balaban J connectivity index is 2.26. The summed E-state index contributed by atoms with van der Waals surface area (Å²) < 4.78 is 15.7. The fourth-order valence-electron chi connectivity index (χ4n) is 4.52. The molecule has 1 aromatic carbocycles. The first-order valence-corrected chi connectivity index (χ1v) is 11.2. The van der Waals surface area contributed by atoms with E-state index in [-0.39, 0.29) is 46.8 Å². The Labute approximate surface area is 197 Å². The van der Waals surface area contributed by atoms with Crippen LogP contribution in [-0.2, 0) is 23.9 Å². The van der Waals surface area contributed by atoms with Crippen LogP contribution in [0.2, 0.25) is 5.02 Å². The first-order valence-electron chi connectivity index (χ1n) is 10.8. The van der Waals surface area contributed by atoms with E-state index >= 15 is 0 Å². The van der Waals surface area contributed by atoms with Crippen molar-refractivity contribution < 1.29 is 33.7 Å². The first-order chi connectivity index (χ1) is 15.7. The minimum Gasteiger partial charge on any atom is -0.503 e. The van der Waals surface area contributed by atoms with Crippen molar-refractivity contribution in [2.24, 2.45) is 11.8 Å². The fraction of sp³-hybridized carbons (Fsp3) is 0.458. The Bertz CT molecular complexity index is 1060. The number of ketones is 1. The van der Waals surface area contributed by atoms with Gasteiger partial charge < -0.3 is 24.6 Å². The molecule has 3 atom stereocenters. The van der Waals surface area contributed by atoms with Gasteiger partial charge in [-0.3, -0.25) is 9.59 Å². The predicted molar refractivity (Wildman–Crippen MR) is 121 cm³/mol. The number of hydrogen-bond donors (Lipinski definition) is 2. The van der Waals surface area contributed by atoms with Gasteiger partial charge >= 0.3 is 11.9 Å². The van der Waals surface area contributed by atoms with E-state index in [1.54, 1.807) is 26.8 Å². The van der Waals surface area contributed by atoms with Crippen LogP contribution in [-0.4, -0.2) is 43.2 Å². The SMILES string of the molecule is CCOC(=O)C1=C(C)NC2=C(C(=O)[C@H](C(=O)OC)[C@H](C)C2)[C@@H]1c1cc(Cl)c(O)c(OCC)c1. The smallest absolute Gasteiger partial charge is 0.336 e. The van der Waals surface area contributed by atoms with Crippen LogP contribution in [0.1, 0.15) is 45.6 Å². The van der Waals surface area contributed by atoms with Gasteiger partial charge in [0.15, 0.2) is 17.3 Å². The number of methoxy groups -OCH3 is 1. The lowest BCUT2D eigenvalue weighted by atomic mass is 9.69. The molecule has 0 amide bonds. The highest BCUT2D eigenvalue weighted by molar-refractivity contribution is 6.32. The highest BCUT2D eigenvalue weighted by Gasteiger charge is 2.47. The fourth-order valence-corrected chi connectivity index (χ4v) is 4.74. The minimum absolute atomic E-state index is 0.0126. The second kappa shape index (κ2) is 9.87. The zero-order chi connectivity index (χ0) is 24.4. The normalized spacial score (nSPS) is 22.5. The molecule has 2 aliphatic rings. The van der Waals surface area contributed by atoms with Crippen LogP contribution >= 0.6 is 11.6 Å². The summed E-state index contributed by atoms with van der Waals surface area (Å²) in [5, 5.41) is 13.5. The molecule has 8 nitrogen and oxygen atoms in total. The standard InChI is InChI=1S/C24H28ClNO7/c1-6-32-16-10-13(9-14(25)21(16)27)19-18(24(30)33-7-2)12(4)26-15-8-11(3)17(23(29)31-5)22(28)20(15)19/h9-11,17,19,26-27H,6-8H2,1-5H3/t11-,17-,19-/m1/s1. The van der Waals surface area contributed by atoms with E-state index < -0.39 is 29.6 Å². The van der Waals surface area contributed by atoms with E-state index in [4.69, 9.17) is 25.8 Å². The van der Waals surface area contributed by atoms with Crippen LogP contribution in [0, 0.1) is 11.8 Å². The molecule has 33 heavy (non-hydrogen) atoms. The molecule has 3 rings (SSSR count). The third kappa shape index (κ3) is 4.44. The monoisotopic (exact) mass is 477 g/mol. The molecule has 0 saturated heterocycles.